The topological polar surface area (TPSA) is 46.6 Å². The van der Waals surface area contributed by atoms with Crippen LogP contribution < -0.4 is 4.74 Å². The maximum atomic E-state index is 13.2. The van der Waals surface area contributed by atoms with Crippen molar-refractivity contribution in [1.82, 2.24) is 4.90 Å². The highest BCUT2D eigenvalue weighted by molar-refractivity contribution is 9.10. The van der Waals surface area contributed by atoms with Crippen LogP contribution in [0, 0.1) is 5.92 Å². The molecule has 2 aromatic rings. The van der Waals surface area contributed by atoms with E-state index in [-0.39, 0.29) is 17.9 Å². The van der Waals surface area contributed by atoms with Gasteiger partial charge in [0.2, 0.25) is 0 Å². The van der Waals surface area contributed by atoms with Gasteiger partial charge >= 0.3 is 0 Å². The highest BCUT2D eigenvalue weighted by Crippen LogP contribution is 2.34. The van der Waals surface area contributed by atoms with Crippen molar-refractivity contribution in [3.05, 3.63) is 64.1 Å². The van der Waals surface area contributed by atoms with Gasteiger partial charge in [-0.3, -0.25) is 9.59 Å². The number of carbonyl (C=O) groups is 2. The number of benzene rings is 2. The maximum absolute atomic E-state index is 13.2. The first-order chi connectivity index (χ1) is 13.6. The molecule has 2 atom stereocenters. The molecule has 5 heteroatoms. The number of amides is 1. The zero-order valence-electron chi connectivity index (χ0n) is 15.8. The lowest BCUT2D eigenvalue weighted by molar-refractivity contribution is -0.129. The first-order valence-corrected chi connectivity index (χ1v) is 10.7. The number of Topliss-reactive ketones (excluding diaryl/α,β-unsaturated/α-hetero) is 1. The van der Waals surface area contributed by atoms with Crippen molar-refractivity contribution in [1.29, 1.82) is 0 Å². The fraction of sp³-hybridized carbons (Fsp3) is 0.391. The van der Waals surface area contributed by atoms with Crippen LogP contribution >= 0.6 is 15.9 Å². The Hall–Kier alpha value is -2.14. The zero-order chi connectivity index (χ0) is 19.5. The first kappa shape index (κ1) is 19.2. The van der Waals surface area contributed by atoms with Gasteiger partial charge in [0.1, 0.15) is 18.1 Å². The van der Waals surface area contributed by atoms with E-state index in [1.54, 1.807) is 0 Å². The summed E-state index contributed by atoms with van der Waals surface area (Å²) in [4.78, 5) is 27.4. The number of ketones is 1. The van der Waals surface area contributed by atoms with Crippen LogP contribution in [-0.4, -0.2) is 29.2 Å². The van der Waals surface area contributed by atoms with Gasteiger partial charge in [0.25, 0.3) is 5.91 Å². The quantitative estimate of drug-likeness (QED) is 0.670. The van der Waals surface area contributed by atoms with E-state index in [1.807, 2.05) is 53.4 Å². The molecule has 2 aliphatic rings. The largest absolute Gasteiger partial charge is 0.488 e. The molecule has 4 nitrogen and oxygen atoms in total. The highest BCUT2D eigenvalue weighted by Gasteiger charge is 2.40. The van der Waals surface area contributed by atoms with E-state index in [2.05, 4.69) is 15.9 Å². The summed E-state index contributed by atoms with van der Waals surface area (Å²) in [5.74, 6) is 1.18. The number of carbonyl (C=O) groups excluding carboxylic acids is 2. The highest BCUT2D eigenvalue weighted by atomic mass is 79.9. The van der Waals surface area contributed by atoms with Crippen molar-refractivity contribution >= 4 is 27.6 Å². The minimum absolute atomic E-state index is 0.0344. The third-order valence-electron chi connectivity index (χ3n) is 5.81. The van der Waals surface area contributed by atoms with Gasteiger partial charge in [0.05, 0.1) is 4.47 Å². The molecule has 0 bridgehead atoms. The van der Waals surface area contributed by atoms with Crippen molar-refractivity contribution in [2.24, 2.45) is 5.92 Å². The van der Waals surface area contributed by atoms with Crippen LogP contribution in [0.4, 0.5) is 0 Å². The number of likely N-dealkylation sites (tertiary alicyclic amines) is 1. The molecular weight excluding hydrogens is 418 g/mol. The average molecular weight is 442 g/mol. The van der Waals surface area contributed by atoms with Gasteiger partial charge in [-0.1, -0.05) is 37.1 Å². The van der Waals surface area contributed by atoms with E-state index >= 15 is 0 Å². The molecule has 1 saturated carbocycles. The third-order valence-corrected chi connectivity index (χ3v) is 6.46. The van der Waals surface area contributed by atoms with Crippen molar-refractivity contribution in [3.8, 4) is 5.75 Å². The Balaban J connectivity index is 1.48. The monoisotopic (exact) mass is 441 g/mol. The Bertz CT molecular complexity index is 882. The molecule has 0 unspecified atom stereocenters. The van der Waals surface area contributed by atoms with Gasteiger partial charge in [0, 0.05) is 30.5 Å². The molecule has 1 saturated heterocycles. The fourth-order valence-corrected chi connectivity index (χ4v) is 4.78. The molecule has 0 spiro atoms. The number of rotatable bonds is 4. The number of fused-ring (bicyclic) bond motifs is 1. The van der Waals surface area contributed by atoms with Crippen LogP contribution in [0.1, 0.15) is 48.0 Å². The second-order valence-corrected chi connectivity index (χ2v) is 8.45. The smallest absolute Gasteiger partial charge is 0.254 e. The van der Waals surface area contributed by atoms with E-state index in [0.29, 0.717) is 30.9 Å². The van der Waals surface area contributed by atoms with Crippen molar-refractivity contribution < 1.29 is 14.3 Å². The summed E-state index contributed by atoms with van der Waals surface area (Å²) in [5, 5.41) is 0. The zero-order valence-corrected chi connectivity index (χ0v) is 17.4. The summed E-state index contributed by atoms with van der Waals surface area (Å²) in [6, 6.07) is 15.4. The maximum Gasteiger partial charge on any atom is 0.254 e. The Morgan fingerprint density at radius 3 is 2.79 bits per heavy atom. The van der Waals surface area contributed by atoms with Crippen LogP contribution in [0.3, 0.4) is 0 Å². The number of nitrogens with zero attached hydrogens (tertiary/aromatic N) is 1. The number of ether oxygens (including phenoxy) is 1. The van der Waals surface area contributed by atoms with Gasteiger partial charge in [-0.05, 0) is 58.6 Å². The van der Waals surface area contributed by atoms with Crippen LogP contribution in [0.5, 0.6) is 5.75 Å². The molecule has 1 amide bonds. The third kappa shape index (κ3) is 4.00. The van der Waals surface area contributed by atoms with Crippen molar-refractivity contribution in [2.45, 2.75) is 44.8 Å². The second kappa shape index (κ2) is 8.48. The summed E-state index contributed by atoms with van der Waals surface area (Å²) >= 11 is 3.48. The Kier molecular flexibility index (Phi) is 5.81. The van der Waals surface area contributed by atoms with Crippen LogP contribution in [-0.2, 0) is 11.4 Å². The minimum Gasteiger partial charge on any atom is -0.488 e. The van der Waals surface area contributed by atoms with Crippen LogP contribution in [0.25, 0.3) is 0 Å². The molecule has 146 valence electrons. The molecule has 0 aromatic heterocycles. The van der Waals surface area contributed by atoms with Gasteiger partial charge in [-0.25, -0.2) is 0 Å². The Morgan fingerprint density at radius 1 is 1.11 bits per heavy atom. The molecule has 1 aliphatic heterocycles. The summed E-state index contributed by atoms with van der Waals surface area (Å²) in [6.45, 7) is 0.935. The lowest BCUT2D eigenvalue weighted by atomic mass is 9.77. The van der Waals surface area contributed by atoms with Crippen molar-refractivity contribution in [3.63, 3.8) is 0 Å². The SMILES string of the molecule is O=C1CCN(C(=O)c2cccc(COc3ccccc3Br)c2)[C@@H]2CCCC[C@@H]12. The summed E-state index contributed by atoms with van der Waals surface area (Å²) < 4.78 is 6.79. The van der Waals surface area contributed by atoms with E-state index in [9.17, 15) is 9.59 Å². The van der Waals surface area contributed by atoms with Gasteiger partial charge in [-0.15, -0.1) is 0 Å². The second-order valence-electron chi connectivity index (χ2n) is 7.59. The van der Waals surface area contributed by atoms with Gasteiger partial charge in [-0.2, -0.15) is 0 Å². The van der Waals surface area contributed by atoms with E-state index in [4.69, 9.17) is 4.74 Å². The lowest BCUT2D eigenvalue weighted by Crippen LogP contribution is -2.53. The number of halogens is 1. The Labute approximate surface area is 174 Å². The predicted molar refractivity (Wildman–Crippen MR) is 111 cm³/mol. The van der Waals surface area contributed by atoms with E-state index in [0.717, 1.165) is 41.5 Å². The normalized spacial score (nSPS) is 21.9. The number of hydrogen-bond donors (Lipinski definition) is 0. The molecule has 1 aliphatic carbocycles. The van der Waals surface area contributed by atoms with Crippen LogP contribution in [0.15, 0.2) is 53.0 Å². The standard InChI is InChI=1S/C23H24BrNO3/c24-19-9-2-4-11-22(19)28-15-16-6-5-7-17(14-16)23(27)25-13-12-21(26)18-8-1-3-10-20(18)25/h2,4-7,9,11,14,18,20H,1,3,8,10,12-13,15H2/t18-,20-/m1/s1. The average Bonchev–Trinajstić information content (AvgIpc) is 2.73. The molecule has 0 N–H and O–H groups in total. The van der Waals surface area contributed by atoms with Gasteiger partial charge in [0.15, 0.2) is 0 Å². The summed E-state index contributed by atoms with van der Waals surface area (Å²) in [6.07, 6.45) is 4.53. The molecule has 2 fully saturated rings. The molecule has 0 radical (unpaired) electrons. The molecule has 1 heterocycles. The molecule has 4 rings (SSSR count). The Morgan fingerprint density at radius 2 is 1.93 bits per heavy atom. The molecule has 2 aromatic carbocycles. The van der Waals surface area contributed by atoms with Crippen LogP contribution in [0.2, 0.25) is 0 Å². The first-order valence-electron chi connectivity index (χ1n) is 9.93. The lowest BCUT2D eigenvalue weighted by Gasteiger charge is -2.43. The molecule has 28 heavy (non-hydrogen) atoms. The van der Waals surface area contributed by atoms with Crippen molar-refractivity contribution in [2.75, 3.05) is 6.54 Å². The summed E-state index contributed by atoms with van der Waals surface area (Å²) in [7, 11) is 0. The summed E-state index contributed by atoms with van der Waals surface area (Å²) in [5.41, 5.74) is 1.63. The number of hydrogen-bond acceptors (Lipinski definition) is 3. The minimum atomic E-state index is 0.0344. The number of para-hydroxylation sites is 1. The fourth-order valence-electron chi connectivity index (χ4n) is 4.38. The molecular formula is C23H24BrNO3. The van der Waals surface area contributed by atoms with E-state index in [1.165, 1.54) is 0 Å². The predicted octanol–water partition coefficient (Wildman–Crippen LogP) is 5.00. The number of piperidine rings is 1. The van der Waals surface area contributed by atoms with Gasteiger partial charge < -0.3 is 9.64 Å². The van der Waals surface area contributed by atoms with E-state index < -0.39 is 0 Å².